The molecule has 3 aromatic rings. The van der Waals surface area contributed by atoms with Crippen molar-refractivity contribution in [1.29, 1.82) is 0 Å². The van der Waals surface area contributed by atoms with Gasteiger partial charge in [-0.3, -0.25) is 9.69 Å². The van der Waals surface area contributed by atoms with E-state index in [1.807, 2.05) is 67.5 Å². The van der Waals surface area contributed by atoms with Gasteiger partial charge in [0.15, 0.2) is 0 Å². The van der Waals surface area contributed by atoms with Gasteiger partial charge in [0, 0.05) is 30.4 Å². The normalized spacial score (nSPS) is 14.9. The monoisotopic (exact) mass is 419 g/mol. The van der Waals surface area contributed by atoms with Crippen molar-refractivity contribution in [2.24, 2.45) is 4.99 Å². The van der Waals surface area contributed by atoms with Crippen molar-refractivity contribution >= 4 is 40.8 Å². The lowest BCUT2D eigenvalue weighted by atomic mass is 10.1. The molecule has 3 aromatic carbocycles. The van der Waals surface area contributed by atoms with Gasteiger partial charge in [0.05, 0.1) is 5.69 Å². The summed E-state index contributed by atoms with van der Waals surface area (Å²) in [7, 11) is 3.86. The highest BCUT2D eigenvalue weighted by atomic mass is 35.5. The van der Waals surface area contributed by atoms with Crippen molar-refractivity contribution in [3.63, 3.8) is 0 Å². The van der Waals surface area contributed by atoms with Crippen molar-refractivity contribution in [1.82, 2.24) is 0 Å². The standard InChI is InChI=1S/C24H19ClFN3O/c1-28(2)20-11-8-17(21(25)15-20)14-22-24(30)29(19-12-9-18(26)10-13-19)23(27-22)16-6-4-3-5-7-16/h3-15H,1-2H3/b22-14-. The largest absolute Gasteiger partial charge is 0.378 e. The van der Waals surface area contributed by atoms with Gasteiger partial charge in [-0.25, -0.2) is 9.38 Å². The predicted octanol–water partition coefficient (Wildman–Crippen LogP) is 5.38. The molecule has 0 N–H and O–H groups in total. The number of carbonyl (C=O) groups is 1. The van der Waals surface area contributed by atoms with Crippen LogP contribution in [0.4, 0.5) is 15.8 Å². The molecule has 0 aliphatic carbocycles. The average Bonchev–Trinajstić information content (AvgIpc) is 3.07. The van der Waals surface area contributed by atoms with Gasteiger partial charge in [-0.1, -0.05) is 48.0 Å². The van der Waals surface area contributed by atoms with Gasteiger partial charge < -0.3 is 4.90 Å². The zero-order chi connectivity index (χ0) is 21.3. The molecule has 0 fully saturated rings. The summed E-state index contributed by atoms with van der Waals surface area (Å²) in [5.41, 5.74) is 3.25. The van der Waals surface area contributed by atoms with Crippen LogP contribution in [-0.4, -0.2) is 25.8 Å². The number of amides is 1. The van der Waals surface area contributed by atoms with Gasteiger partial charge in [-0.15, -0.1) is 0 Å². The van der Waals surface area contributed by atoms with Gasteiger partial charge in [0.2, 0.25) is 0 Å². The van der Waals surface area contributed by atoms with Crippen molar-refractivity contribution in [2.75, 3.05) is 23.9 Å². The lowest BCUT2D eigenvalue weighted by molar-refractivity contribution is -0.113. The molecule has 1 heterocycles. The molecule has 0 saturated heterocycles. The van der Waals surface area contributed by atoms with E-state index >= 15 is 0 Å². The molecule has 0 bridgehead atoms. The fourth-order valence-electron chi connectivity index (χ4n) is 3.19. The number of hydrogen-bond acceptors (Lipinski definition) is 3. The van der Waals surface area contributed by atoms with E-state index in [0.29, 0.717) is 22.1 Å². The predicted molar refractivity (Wildman–Crippen MR) is 121 cm³/mol. The van der Waals surface area contributed by atoms with Crippen LogP contribution in [0.15, 0.2) is 83.5 Å². The van der Waals surface area contributed by atoms with E-state index in [4.69, 9.17) is 11.6 Å². The summed E-state index contributed by atoms with van der Waals surface area (Å²) >= 11 is 6.44. The summed E-state index contributed by atoms with van der Waals surface area (Å²) in [5, 5.41) is 0.526. The molecule has 4 rings (SSSR count). The average molecular weight is 420 g/mol. The lowest BCUT2D eigenvalue weighted by Crippen LogP contribution is -2.32. The van der Waals surface area contributed by atoms with Gasteiger partial charge in [0.25, 0.3) is 5.91 Å². The number of hydrogen-bond donors (Lipinski definition) is 0. The molecule has 0 unspecified atom stereocenters. The van der Waals surface area contributed by atoms with Crippen LogP contribution in [0.1, 0.15) is 11.1 Å². The molecule has 0 aromatic heterocycles. The van der Waals surface area contributed by atoms with Crippen LogP contribution in [-0.2, 0) is 4.79 Å². The van der Waals surface area contributed by atoms with Crippen molar-refractivity contribution < 1.29 is 9.18 Å². The van der Waals surface area contributed by atoms with E-state index in [2.05, 4.69) is 4.99 Å². The highest BCUT2D eigenvalue weighted by Gasteiger charge is 2.32. The number of benzene rings is 3. The second-order valence-corrected chi connectivity index (χ2v) is 7.46. The minimum atomic E-state index is -0.368. The number of aliphatic imine (C=N–C) groups is 1. The number of carbonyl (C=O) groups excluding carboxylic acids is 1. The maximum Gasteiger partial charge on any atom is 0.282 e. The van der Waals surface area contributed by atoms with E-state index in [1.165, 1.54) is 17.0 Å². The molecular formula is C24H19ClFN3O. The topological polar surface area (TPSA) is 35.9 Å². The molecule has 0 radical (unpaired) electrons. The summed E-state index contributed by atoms with van der Waals surface area (Å²) in [6.45, 7) is 0. The number of amidine groups is 1. The third-order valence-corrected chi connectivity index (χ3v) is 5.10. The smallest absolute Gasteiger partial charge is 0.282 e. The third-order valence-electron chi connectivity index (χ3n) is 4.77. The van der Waals surface area contributed by atoms with Crippen LogP contribution in [0.2, 0.25) is 5.02 Å². The molecule has 1 amide bonds. The first-order chi connectivity index (χ1) is 14.4. The maximum absolute atomic E-state index is 13.4. The van der Waals surface area contributed by atoms with Crippen LogP contribution < -0.4 is 9.80 Å². The summed E-state index contributed by atoms with van der Waals surface area (Å²) in [4.78, 5) is 21.3. The Kier molecular flexibility index (Phi) is 5.38. The molecule has 30 heavy (non-hydrogen) atoms. The first-order valence-electron chi connectivity index (χ1n) is 9.37. The number of rotatable bonds is 4. The second kappa shape index (κ2) is 8.13. The van der Waals surface area contributed by atoms with Crippen molar-refractivity contribution in [2.45, 2.75) is 0 Å². The molecule has 1 aliphatic rings. The Labute approximate surface area is 179 Å². The van der Waals surface area contributed by atoms with Gasteiger partial charge >= 0.3 is 0 Å². The summed E-state index contributed by atoms with van der Waals surface area (Å²) in [6.07, 6.45) is 1.68. The Bertz CT molecular complexity index is 1150. The summed E-state index contributed by atoms with van der Waals surface area (Å²) < 4.78 is 13.4. The summed E-state index contributed by atoms with van der Waals surface area (Å²) in [5.74, 6) is -0.181. The minimum Gasteiger partial charge on any atom is -0.378 e. The maximum atomic E-state index is 13.4. The molecule has 0 saturated carbocycles. The van der Waals surface area contributed by atoms with Crippen molar-refractivity contribution in [3.8, 4) is 0 Å². The van der Waals surface area contributed by atoms with E-state index in [-0.39, 0.29) is 17.4 Å². The highest BCUT2D eigenvalue weighted by molar-refractivity contribution is 6.34. The molecule has 0 spiro atoms. The van der Waals surface area contributed by atoms with E-state index in [1.54, 1.807) is 18.2 Å². The number of halogens is 2. The molecule has 6 heteroatoms. The Balaban J connectivity index is 1.79. The Morgan fingerprint density at radius 1 is 1.00 bits per heavy atom. The van der Waals surface area contributed by atoms with Crippen molar-refractivity contribution in [3.05, 3.63) is 100 Å². The van der Waals surface area contributed by atoms with Gasteiger partial charge in [0.1, 0.15) is 17.3 Å². The Morgan fingerprint density at radius 2 is 1.70 bits per heavy atom. The van der Waals surface area contributed by atoms with Crippen LogP contribution in [0, 0.1) is 5.82 Å². The number of nitrogens with zero attached hydrogens (tertiary/aromatic N) is 3. The van der Waals surface area contributed by atoms with E-state index in [0.717, 1.165) is 11.3 Å². The zero-order valence-electron chi connectivity index (χ0n) is 16.5. The first-order valence-corrected chi connectivity index (χ1v) is 9.74. The molecule has 0 atom stereocenters. The fraction of sp³-hybridized carbons (Fsp3) is 0.0833. The summed E-state index contributed by atoms with van der Waals surface area (Å²) in [6, 6.07) is 20.8. The molecule has 1 aliphatic heterocycles. The van der Waals surface area contributed by atoms with Crippen LogP contribution >= 0.6 is 11.6 Å². The van der Waals surface area contributed by atoms with Gasteiger partial charge in [-0.05, 0) is 48.0 Å². The molecular weight excluding hydrogens is 401 g/mol. The highest BCUT2D eigenvalue weighted by Crippen LogP contribution is 2.30. The van der Waals surface area contributed by atoms with E-state index < -0.39 is 0 Å². The van der Waals surface area contributed by atoms with Crippen LogP contribution in [0.5, 0.6) is 0 Å². The molecule has 4 nitrogen and oxygen atoms in total. The number of anilines is 2. The second-order valence-electron chi connectivity index (χ2n) is 7.05. The molecule has 150 valence electrons. The van der Waals surface area contributed by atoms with Crippen LogP contribution in [0.25, 0.3) is 6.08 Å². The SMILES string of the molecule is CN(C)c1ccc(/C=C2\N=C(c3ccccc3)N(c3ccc(F)cc3)C2=O)c(Cl)c1. The Hall–Kier alpha value is -3.44. The van der Waals surface area contributed by atoms with Crippen LogP contribution in [0.3, 0.4) is 0 Å². The third kappa shape index (κ3) is 3.84. The first kappa shape index (κ1) is 19.9. The zero-order valence-corrected chi connectivity index (χ0v) is 17.3. The minimum absolute atomic E-state index is 0.262. The van der Waals surface area contributed by atoms with Gasteiger partial charge in [-0.2, -0.15) is 0 Å². The quantitative estimate of drug-likeness (QED) is 0.532. The lowest BCUT2D eigenvalue weighted by Gasteiger charge is -2.18. The fourth-order valence-corrected chi connectivity index (χ4v) is 3.42. The van der Waals surface area contributed by atoms with E-state index in [9.17, 15) is 9.18 Å². The Morgan fingerprint density at radius 3 is 2.33 bits per heavy atom.